The van der Waals surface area contributed by atoms with Crippen molar-refractivity contribution in [1.82, 2.24) is 0 Å². The first kappa shape index (κ1) is 13.8. The lowest BCUT2D eigenvalue weighted by molar-refractivity contribution is 0.0697. The highest BCUT2D eigenvalue weighted by Gasteiger charge is 2.02. The number of aromatic carboxylic acids is 1. The average molecular weight is 268 g/mol. The van der Waals surface area contributed by atoms with Gasteiger partial charge in [-0.3, -0.25) is 5.43 Å². The molecule has 20 heavy (non-hydrogen) atoms. The highest BCUT2D eigenvalue weighted by molar-refractivity contribution is 6.00. The SMILES string of the molecule is CC/C(=N/Nc1ccc(C(=O)O)cc1)c1ccccc1. The van der Waals surface area contributed by atoms with E-state index in [1.54, 1.807) is 24.3 Å². The van der Waals surface area contributed by atoms with Crippen LogP contribution in [0.25, 0.3) is 0 Å². The van der Waals surface area contributed by atoms with Crippen LogP contribution in [0.2, 0.25) is 0 Å². The van der Waals surface area contributed by atoms with Gasteiger partial charge in [-0.1, -0.05) is 37.3 Å². The Kier molecular flexibility index (Phi) is 4.50. The molecule has 0 aliphatic heterocycles. The van der Waals surface area contributed by atoms with Gasteiger partial charge in [0.1, 0.15) is 0 Å². The van der Waals surface area contributed by atoms with E-state index in [4.69, 9.17) is 5.11 Å². The van der Waals surface area contributed by atoms with Crippen LogP contribution in [0.15, 0.2) is 59.7 Å². The number of benzene rings is 2. The normalized spacial score (nSPS) is 11.2. The summed E-state index contributed by atoms with van der Waals surface area (Å²) in [7, 11) is 0. The molecule has 102 valence electrons. The van der Waals surface area contributed by atoms with E-state index < -0.39 is 5.97 Å². The molecule has 4 heteroatoms. The molecule has 0 bridgehead atoms. The number of rotatable bonds is 5. The minimum Gasteiger partial charge on any atom is -0.478 e. The number of nitrogens with one attached hydrogen (secondary N) is 1. The van der Waals surface area contributed by atoms with Gasteiger partial charge in [-0.2, -0.15) is 5.10 Å². The Morgan fingerprint density at radius 1 is 1.05 bits per heavy atom. The fraction of sp³-hybridized carbons (Fsp3) is 0.125. The molecule has 0 aromatic heterocycles. The molecule has 0 aliphatic rings. The van der Waals surface area contributed by atoms with E-state index >= 15 is 0 Å². The van der Waals surface area contributed by atoms with Crippen molar-refractivity contribution in [2.75, 3.05) is 5.43 Å². The molecule has 0 saturated carbocycles. The van der Waals surface area contributed by atoms with E-state index in [-0.39, 0.29) is 5.56 Å². The maximum atomic E-state index is 10.8. The molecular formula is C16H16N2O2. The van der Waals surface area contributed by atoms with Gasteiger partial charge in [-0.15, -0.1) is 0 Å². The molecule has 2 aromatic rings. The van der Waals surface area contributed by atoms with Crippen LogP contribution in [0.1, 0.15) is 29.3 Å². The van der Waals surface area contributed by atoms with Crippen LogP contribution in [-0.4, -0.2) is 16.8 Å². The summed E-state index contributed by atoms with van der Waals surface area (Å²) in [5.41, 5.74) is 6.00. The van der Waals surface area contributed by atoms with Crippen molar-refractivity contribution in [3.05, 3.63) is 65.7 Å². The fourth-order valence-electron chi connectivity index (χ4n) is 1.80. The van der Waals surface area contributed by atoms with Gasteiger partial charge in [-0.25, -0.2) is 4.79 Å². The van der Waals surface area contributed by atoms with Crippen molar-refractivity contribution in [3.8, 4) is 0 Å². The molecule has 2 aromatic carbocycles. The molecule has 0 heterocycles. The average Bonchev–Trinajstić information content (AvgIpc) is 2.49. The number of nitrogens with zero attached hydrogens (tertiary/aromatic N) is 1. The zero-order valence-electron chi connectivity index (χ0n) is 11.2. The summed E-state index contributed by atoms with van der Waals surface area (Å²) in [6.45, 7) is 2.04. The summed E-state index contributed by atoms with van der Waals surface area (Å²) >= 11 is 0. The van der Waals surface area contributed by atoms with Crippen molar-refractivity contribution in [2.45, 2.75) is 13.3 Å². The molecule has 0 amide bonds. The van der Waals surface area contributed by atoms with E-state index in [2.05, 4.69) is 10.5 Å². The van der Waals surface area contributed by atoms with E-state index in [1.165, 1.54) is 0 Å². The van der Waals surface area contributed by atoms with Gasteiger partial charge in [-0.05, 0) is 36.2 Å². The van der Waals surface area contributed by atoms with Crippen molar-refractivity contribution >= 4 is 17.4 Å². The molecule has 2 rings (SSSR count). The maximum Gasteiger partial charge on any atom is 0.335 e. The zero-order valence-corrected chi connectivity index (χ0v) is 11.2. The summed E-state index contributed by atoms with van der Waals surface area (Å²) < 4.78 is 0. The smallest absolute Gasteiger partial charge is 0.335 e. The first-order chi connectivity index (χ1) is 9.70. The van der Waals surface area contributed by atoms with Gasteiger partial charge in [0, 0.05) is 0 Å². The lowest BCUT2D eigenvalue weighted by Gasteiger charge is -2.06. The summed E-state index contributed by atoms with van der Waals surface area (Å²) in [5.74, 6) is -0.932. The molecule has 0 spiro atoms. The predicted octanol–water partition coefficient (Wildman–Crippen LogP) is 3.61. The zero-order chi connectivity index (χ0) is 14.4. The minimum absolute atomic E-state index is 0.262. The number of hydrazone groups is 1. The van der Waals surface area contributed by atoms with Crippen LogP contribution in [0.3, 0.4) is 0 Å². The molecule has 2 N–H and O–H groups in total. The van der Waals surface area contributed by atoms with Crippen molar-refractivity contribution < 1.29 is 9.90 Å². The van der Waals surface area contributed by atoms with Gasteiger partial charge in [0.15, 0.2) is 0 Å². The molecule has 0 atom stereocenters. The molecular weight excluding hydrogens is 252 g/mol. The largest absolute Gasteiger partial charge is 0.478 e. The molecule has 0 saturated heterocycles. The van der Waals surface area contributed by atoms with Gasteiger partial charge in [0.2, 0.25) is 0 Å². The van der Waals surface area contributed by atoms with Crippen LogP contribution < -0.4 is 5.43 Å². The Hall–Kier alpha value is -2.62. The molecule has 0 fully saturated rings. The third-order valence-electron chi connectivity index (χ3n) is 2.89. The number of hydrogen-bond donors (Lipinski definition) is 2. The second-order valence-corrected chi connectivity index (χ2v) is 4.27. The van der Waals surface area contributed by atoms with Gasteiger partial charge < -0.3 is 5.11 Å². The molecule has 0 radical (unpaired) electrons. The Morgan fingerprint density at radius 3 is 2.25 bits per heavy atom. The monoisotopic (exact) mass is 268 g/mol. The topological polar surface area (TPSA) is 61.7 Å². The van der Waals surface area contributed by atoms with Crippen LogP contribution in [0.4, 0.5) is 5.69 Å². The van der Waals surface area contributed by atoms with Crippen LogP contribution in [0.5, 0.6) is 0 Å². The first-order valence-electron chi connectivity index (χ1n) is 6.42. The fourth-order valence-corrected chi connectivity index (χ4v) is 1.80. The summed E-state index contributed by atoms with van der Waals surface area (Å²) in [6.07, 6.45) is 0.810. The van der Waals surface area contributed by atoms with Gasteiger partial charge in [0.25, 0.3) is 0 Å². The van der Waals surface area contributed by atoms with E-state index in [0.717, 1.165) is 23.4 Å². The Labute approximate surface area is 117 Å². The van der Waals surface area contributed by atoms with E-state index in [1.807, 2.05) is 37.3 Å². The first-order valence-corrected chi connectivity index (χ1v) is 6.42. The predicted molar refractivity (Wildman–Crippen MR) is 80.3 cm³/mol. The lowest BCUT2D eigenvalue weighted by atomic mass is 10.1. The van der Waals surface area contributed by atoms with E-state index in [9.17, 15) is 4.79 Å². The van der Waals surface area contributed by atoms with Crippen molar-refractivity contribution in [1.29, 1.82) is 0 Å². The number of anilines is 1. The molecule has 0 aliphatic carbocycles. The number of carboxylic acids is 1. The quantitative estimate of drug-likeness (QED) is 0.643. The second-order valence-electron chi connectivity index (χ2n) is 4.27. The number of carbonyl (C=O) groups is 1. The standard InChI is InChI=1S/C16H16N2O2/c1-2-15(12-6-4-3-5-7-12)18-17-14-10-8-13(9-11-14)16(19)20/h3-11,17H,2H2,1H3,(H,19,20)/b18-15-. The summed E-state index contributed by atoms with van der Waals surface area (Å²) in [4.78, 5) is 10.8. The molecule has 0 unspecified atom stereocenters. The third kappa shape index (κ3) is 3.45. The van der Waals surface area contributed by atoms with Crippen LogP contribution >= 0.6 is 0 Å². The minimum atomic E-state index is -0.932. The third-order valence-corrected chi connectivity index (χ3v) is 2.89. The van der Waals surface area contributed by atoms with Crippen LogP contribution in [-0.2, 0) is 0 Å². The number of hydrogen-bond acceptors (Lipinski definition) is 3. The van der Waals surface area contributed by atoms with Crippen LogP contribution in [0, 0.1) is 0 Å². The lowest BCUT2D eigenvalue weighted by Crippen LogP contribution is -2.03. The highest BCUT2D eigenvalue weighted by atomic mass is 16.4. The Morgan fingerprint density at radius 2 is 1.70 bits per heavy atom. The number of carboxylic acid groups (broad SMARTS) is 1. The molecule has 4 nitrogen and oxygen atoms in total. The van der Waals surface area contributed by atoms with Gasteiger partial charge in [0.05, 0.1) is 17.0 Å². The van der Waals surface area contributed by atoms with Crippen molar-refractivity contribution in [2.24, 2.45) is 5.10 Å². The summed E-state index contributed by atoms with van der Waals surface area (Å²) in [6, 6.07) is 16.4. The summed E-state index contributed by atoms with van der Waals surface area (Å²) in [5, 5.41) is 13.2. The highest BCUT2D eigenvalue weighted by Crippen LogP contribution is 2.11. The van der Waals surface area contributed by atoms with Crippen molar-refractivity contribution in [3.63, 3.8) is 0 Å². The Bertz CT molecular complexity index is 604. The van der Waals surface area contributed by atoms with Gasteiger partial charge >= 0.3 is 5.97 Å². The second kappa shape index (κ2) is 6.52. The van der Waals surface area contributed by atoms with E-state index in [0.29, 0.717) is 0 Å². The Balaban J connectivity index is 2.12. The maximum absolute atomic E-state index is 10.8.